The van der Waals surface area contributed by atoms with Crippen LogP contribution in [0.3, 0.4) is 0 Å². The second-order valence-electron chi connectivity index (χ2n) is 4.85. The van der Waals surface area contributed by atoms with Gasteiger partial charge in [-0.15, -0.1) is 0 Å². The van der Waals surface area contributed by atoms with Crippen LogP contribution in [0.2, 0.25) is 0 Å². The molecule has 0 amide bonds. The molecule has 3 aromatic rings. The first-order chi connectivity index (χ1) is 11.0. The molecule has 0 bridgehead atoms. The normalized spacial score (nSPS) is 11.1. The fourth-order valence-corrected chi connectivity index (χ4v) is 2.15. The lowest BCUT2D eigenvalue weighted by atomic mass is 10.1. The highest BCUT2D eigenvalue weighted by atomic mass is 16.6. The number of nitrogens with zero attached hydrogens (tertiary/aromatic N) is 1. The van der Waals surface area contributed by atoms with E-state index in [4.69, 9.17) is 4.42 Å². The molecule has 1 heterocycles. The van der Waals surface area contributed by atoms with Crippen molar-refractivity contribution in [2.45, 2.75) is 0 Å². The Hall–Kier alpha value is -3.41. The Morgan fingerprint density at radius 1 is 1.17 bits per heavy atom. The van der Waals surface area contributed by atoms with E-state index < -0.39 is 16.4 Å². The standard InChI is InChI=1S/C17H11NO5/c19-14-7-5-11(9-13(14)18(21)22)6-8-15(20)17-10-12-3-1-2-4-16(12)23-17/h1-10,19H. The largest absolute Gasteiger partial charge is 0.502 e. The van der Waals surface area contributed by atoms with Crippen LogP contribution in [0.5, 0.6) is 5.75 Å². The molecule has 1 N–H and O–H groups in total. The Kier molecular flexibility index (Phi) is 3.64. The Morgan fingerprint density at radius 2 is 1.96 bits per heavy atom. The number of phenols is 1. The van der Waals surface area contributed by atoms with Crippen molar-refractivity contribution in [3.63, 3.8) is 0 Å². The number of rotatable bonds is 4. The zero-order valence-electron chi connectivity index (χ0n) is 11.8. The van der Waals surface area contributed by atoms with E-state index in [0.717, 1.165) is 5.39 Å². The summed E-state index contributed by atoms with van der Waals surface area (Å²) in [4.78, 5) is 22.2. The summed E-state index contributed by atoms with van der Waals surface area (Å²) in [5, 5.41) is 21.0. The molecule has 0 fully saturated rings. The van der Waals surface area contributed by atoms with Gasteiger partial charge in [0.2, 0.25) is 5.78 Å². The monoisotopic (exact) mass is 309 g/mol. The van der Waals surface area contributed by atoms with Gasteiger partial charge in [-0.1, -0.05) is 30.3 Å². The first kappa shape index (κ1) is 14.5. The zero-order valence-corrected chi connectivity index (χ0v) is 11.8. The Morgan fingerprint density at radius 3 is 2.70 bits per heavy atom. The number of allylic oxidation sites excluding steroid dienone is 1. The third kappa shape index (κ3) is 2.96. The van der Waals surface area contributed by atoms with Crippen LogP contribution in [0.1, 0.15) is 16.1 Å². The number of carbonyl (C=O) groups excluding carboxylic acids is 1. The molecule has 2 aromatic carbocycles. The van der Waals surface area contributed by atoms with E-state index in [0.29, 0.717) is 11.1 Å². The average Bonchev–Trinajstić information content (AvgIpc) is 2.97. The molecule has 6 nitrogen and oxygen atoms in total. The maximum absolute atomic E-state index is 12.1. The van der Waals surface area contributed by atoms with Gasteiger partial charge in [-0.05, 0) is 29.8 Å². The minimum absolute atomic E-state index is 0.190. The van der Waals surface area contributed by atoms with Gasteiger partial charge in [-0.2, -0.15) is 0 Å². The van der Waals surface area contributed by atoms with Crippen molar-refractivity contribution in [2.24, 2.45) is 0 Å². The molecule has 3 rings (SSSR count). The predicted octanol–water partition coefficient (Wildman–Crippen LogP) is 3.94. The number of carbonyl (C=O) groups is 1. The first-order valence-electron chi connectivity index (χ1n) is 6.73. The van der Waals surface area contributed by atoms with Gasteiger partial charge in [0.1, 0.15) is 5.58 Å². The summed E-state index contributed by atoms with van der Waals surface area (Å²) in [7, 11) is 0. The van der Waals surface area contributed by atoms with Crippen LogP contribution >= 0.6 is 0 Å². The van der Waals surface area contributed by atoms with Crippen LogP contribution in [0.4, 0.5) is 5.69 Å². The second-order valence-corrected chi connectivity index (χ2v) is 4.85. The highest BCUT2D eigenvalue weighted by Crippen LogP contribution is 2.27. The van der Waals surface area contributed by atoms with E-state index in [1.54, 1.807) is 12.1 Å². The molecular formula is C17H11NO5. The number of benzene rings is 2. The number of ketones is 1. The highest BCUT2D eigenvalue weighted by molar-refractivity contribution is 6.07. The van der Waals surface area contributed by atoms with Gasteiger partial charge in [0.05, 0.1) is 4.92 Å². The highest BCUT2D eigenvalue weighted by Gasteiger charge is 2.13. The summed E-state index contributed by atoms with van der Waals surface area (Å²) in [6.45, 7) is 0. The Bertz CT molecular complexity index is 906. The molecule has 0 aliphatic carbocycles. The maximum atomic E-state index is 12.1. The lowest BCUT2D eigenvalue weighted by Gasteiger charge is -1.97. The summed E-state index contributed by atoms with van der Waals surface area (Å²) >= 11 is 0. The zero-order chi connectivity index (χ0) is 16.4. The molecule has 0 saturated heterocycles. The van der Waals surface area contributed by atoms with Gasteiger partial charge >= 0.3 is 5.69 Å². The van der Waals surface area contributed by atoms with Gasteiger partial charge < -0.3 is 9.52 Å². The minimum atomic E-state index is -0.687. The number of aromatic hydroxyl groups is 1. The number of nitro groups is 1. The number of furan rings is 1. The predicted molar refractivity (Wildman–Crippen MR) is 84.3 cm³/mol. The molecule has 6 heteroatoms. The summed E-state index contributed by atoms with van der Waals surface area (Å²) in [5.41, 5.74) is 0.631. The number of nitro benzene ring substituents is 1. The number of hydrogen-bond acceptors (Lipinski definition) is 5. The van der Waals surface area contributed by atoms with Crippen molar-refractivity contribution in [2.75, 3.05) is 0 Å². The second kappa shape index (κ2) is 5.76. The summed E-state index contributed by atoms with van der Waals surface area (Å²) in [6.07, 6.45) is 2.70. The summed E-state index contributed by atoms with van der Waals surface area (Å²) in [5.74, 6) is -0.580. The molecule has 114 valence electrons. The van der Waals surface area contributed by atoms with E-state index in [1.165, 1.54) is 30.4 Å². The van der Waals surface area contributed by atoms with Gasteiger partial charge in [0, 0.05) is 11.5 Å². The lowest BCUT2D eigenvalue weighted by Crippen LogP contribution is -1.91. The molecule has 0 aliphatic heterocycles. The smallest absolute Gasteiger partial charge is 0.311 e. The summed E-state index contributed by atoms with van der Waals surface area (Å²) in [6, 6.07) is 12.8. The quantitative estimate of drug-likeness (QED) is 0.341. The van der Waals surface area contributed by atoms with E-state index in [-0.39, 0.29) is 11.5 Å². The van der Waals surface area contributed by atoms with Crippen LogP contribution in [-0.4, -0.2) is 15.8 Å². The lowest BCUT2D eigenvalue weighted by molar-refractivity contribution is -0.385. The third-order valence-corrected chi connectivity index (χ3v) is 3.29. The minimum Gasteiger partial charge on any atom is -0.502 e. The van der Waals surface area contributed by atoms with Crippen molar-refractivity contribution in [1.82, 2.24) is 0 Å². The fraction of sp³-hybridized carbons (Fsp3) is 0. The van der Waals surface area contributed by atoms with Gasteiger partial charge in [0.25, 0.3) is 0 Å². The SMILES string of the molecule is O=C(C=Cc1ccc(O)c([N+](=O)[O-])c1)c1cc2ccccc2o1. The van der Waals surface area contributed by atoms with E-state index in [9.17, 15) is 20.0 Å². The van der Waals surface area contributed by atoms with E-state index in [2.05, 4.69) is 0 Å². The fourth-order valence-electron chi connectivity index (χ4n) is 2.15. The molecule has 0 atom stereocenters. The van der Waals surface area contributed by atoms with Crippen LogP contribution < -0.4 is 0 Å². The Balaban J connectivity index is 1.86. The van der Waals surface area contributed by atoms with Gasteiger partial charge in [-0.25, -0.2) is 0 Å². The van der Waals surface area contributed by atoms with E-state index in [1.807, 2.05) is 18.2 Å². The third-order valence-electron chi connectivity index (χ3n) is 3.29. The number of fused-ring (bicyclic) bond motifs is 1. The number of hydrogen-bond donors (Lipinski definition) is 1. The molecule has 0 saturated carbocycles. The van der Waals surface area contributed by atoms with Gasteiger partial charge in [0.15, 0.2) is 11.5 Å². The molecule has 0 unspecified atom stereocenters. The molecule has 23 heavy (non-hydrogen) atoms. The van der Waals surface area contributed by atoms with E-state index >= 15 is 0 Å². The molecule has 1 aromatic heterocycles. The van der Waals surface area contributed by atoms with Crippen LogP contribution in [0.15, 0.2) is 59.0 Å². The topological polar surface area (TPSA) is 93.6 Å². The number of phenolic OH excluding ortho intramolecular Hbond substituents is 1. The molecule has 0 spiro atoms. The maximum Gasteiger partial charge on any atom is 0.311 e. The van der Waals surface area contributed by atoms with Crippen molar-refractivity contribution in [1.29, 1.82) is 0 Å². The molecule has 0 aliphatic rings. The van der Waals surface area contributed by atoms with Gasteiger partial charge in [-0.3, -0.25) is 14.9 Å². The van der Waals surface area contributed by atoms with Crippen molar-refractivity contribution in [3.05, 3.63) is 76.0 Å². The van der Waals surface area contributed by atoms with Crippen LogP contribution in [0.25, 0.3) is 17.0 Å². The van der Waals surface area contributed by atoms with Crippen molar-refractivity contribution in [3.8, 4) is 5.75 Å². The first-order valence-corrected chi connectivity index (χ1v) is 6.73. The van der Waals surface area contributed by atoms with Crippen LogP contribution in [-0.2, 0) is 0 Å². The van der Waals surface area contributed by atoms with Crippen molar-refractivity contribution >= 4 is 28.5 Å². The van der Waals surface area contributed by atoms with Crippen LogP contribution in [0, 0.1) is 10.1 Å². The Labute approximate surface area is 130 Å². The molecular weight excluding hydrogens is 298 g/mol. The van der Waals surface area contributed by atoms with Crippen molar-refractivity contribution < 1.29 is 19.2 Å². The number of para-hydroxylation sites is 1. The summed E-state index contributed by atoms with van der Waals surface area (Å²) < 4.78 is 5.45. The molecule has 0 radical (unpaired) electrons. The average molecular weight is 309 g/mol.